The Bertz CT molecular complexity index is 848. The van der Waals surface area contributed by atoms with E-state index in [9.17, 15) is 4.79 Å². The van der Waals surface area contributed by atoms with Gasteiger partial charge in [-0.25, -0.2) is 0 Å². The molecule has 0 aliphatic carbocycles. The van der Waals surface area contributed by atoms with Crippen LogP contribution >= 0.6 is 0 Å². The summed E-state index contributed by atoms with van der Waals surface area (Å²) < 4.78 is 0. The molecule has 1 fully saturated rings. The molecule has 128 valence electrons. The van der Waals surface area contributed by atoms with Gasteiger partial charge in [-0.15, -0.1) is 0 Å². The van der Waals surface area contributed by atoms with Gasteiger partial charge in [0.05, 0.1) is 6.42 Å². The number of amides is 1. The molecule has 0 atom stereocenters. The number of H-pyrrole nitrogens is 1. The van der Waals surface area contributed by atoms with Gasteiger partial charge in [-0.1, -0.05) is 36.4 Å². The van der Waals surface area contributed by atoms with Gasteiger partial charge in [0, 0.05) is 41.9 Å². The second-order valence-corrected chi connectivity index (χ2v) is 6.70. The first-order valence-electron chi connectivity index (χ1n) is 8.94. The topological polar surface area (TPSA) is 48.1 Å². The summed E-state index contributed by atoms with van der Waals surface area (Å²) >= 11 is 0. The number of aromatic nitrogens is 1. The van der Waals surface area contributed by atoms with Crippen LogP contribution < -0.4 is 10.2 Å². The van der Waals surface area contributed by atoms with E-state index in [4.69, 9.17) is 0 Å². The van der Waals surface area contributed by atoms with Gasteiger partial charge in [0.1, 0.15) is 0 Å². The van der Waals surface area contributed by atoms with Crippen LogP contribution in [0.4, 0.5) is 5.69 Å². The quantitative estimate of drug-likeness (QED) is 0.768. The lowest BCUT2D eigenvalue weighted by Gasteiger charge is -2.34. The molecule has 2 aromatic carbocycles. The first kappa shape index (κ1) is 15.8. The smallest absolute Gasteiger partial charge is 0.224 e. The van der Waals surface area contributed by atoms with Crippen molar-refractivity contribution in [3.05, 3.63) is 66.4 Å². The summed E-state index contributed by atoms with van der Waals surface area (Å²) in [5.74, 6) is 0.114. The molecular weight excluding hydrogens is 310 g/mol. The molecule has 4 rings (SSSR count). The number of benzene rings is 2. The number of aromatic amines is 1. The zero-order valence-electron chi connectivity index (χ0n) is 14.2. The third-order valence-corrected chi connectivity index (χ3v) is 5.01. The maximum absolute atomic E-state index is 12.4. The number of nitrogens with one attached hydrogen (secondary N) is 2. The fraction of sp³-hybridized carbons (Fsp3) is 0.286. The van der Waals surface area contributed by atoms with Crippen molar-refractivity contribution >= 4 is 22.5 Å². The summed E-state index contributed by atoms with van der Waals surface area (Å²) in [7, 11) is 0. The number of carbonyl (C=O) groups excluding carboxylic acids is 1. The molecule has 0 spiro atoms. The molecule has 1 saturated heterocycles. The fourth-order valence-corrected chi connectivity index (χ4v) is 3.65. The number of anilines is 1. The highest BCUT2D eigenvalue weighted by atomic mass is 16.1. The monoisotopic (exact) mass is 333 g/mol. The van der Waals surface area contributed by atoms with E-state index >= 15 is 0 Å². The molecule has 25 heavy (non-hydrogen) atoms. The van der Waals surface area contributed by atoms with E-state index < -0.39 is 0 Å². The van der Waals surface area contributed by atoms with Crippen LogP contribution in [0.1, 0.15) is 18.4 Å². The molecule has 2 N–H and O–H groups in total. The van der Waals surface area contributed by atoms with Crippen molar-refractivity contribution < 1.29 is 4.79 Å². The van der Waals surface area contributed by atoms with Gasteiger partial charge in [0.15, 0.2) is 0 Å². The minimum atomic E-state index is 0.114. The van der Waals surface area contributed by atoms with Crippen molar-refractivity contribution in [1.82, 2.24) is 10.3 Å². The molecule has 1 aliphatic heterocycles. The lowest BCUT2D eigenvalue weighted by Crippen LogP contribution is -2.45. The number of carbonyl (C=O) groups is 1. The molecule has 1 aliphatic rings. The lowest BCUT2D eigenvalue weighted by atomic mass is 10.0. The Kier molecular flexibility index (Phi) is 4.42. The number of hydrogen-bond acceptors (Lipinski definition) is 2. The summed E-state index contributed by atoms with van der Waals surface area (Å²) in [5.41, 5.74) is 3.42. The van der Waals surface area contributed by atoms with E-state index in [2.05, 4.69) is 45.5 Å². The average molecular weight is 333 g/mol. The molecule has 1 amide bonds. The number of nitrogens with zero attached hydrogens (tertiary/aromatic N) is 1. The molecule has 4 nitrogen and oxygen atoms in total. The molecular formula is C21H23N3O. The van der Waals surface area contributed by atoms with Crippen LogP contribution in [0.25, 0.3) is 10.9 Å². The van der Waals surface area contributed by atoms with Crippen molar-refractivity contribution in [3.63, 3.8) is 0 Å². The Morgan fingerprint density at radius 3 is 2.56 bits per heavy atom. The molecule has 0 saturated carbocycles. The lowest BCUT2D eigenvalue weighted by molar-refractivity contribution is -0.121. The second kappa shape index (κ2) is 7.01. The van der Waals surface area contributed by atoms with Crippen LogP contribution in [0.3, 0.4) is 0 Å². The van der Waals surface area contributed by atoms with Crippen LogP contribution in [0.15, 0.2) is 60.8 Å². The summed E-state index contributed by atoms with van der Waals surface area (Å²) in [5, 5.41) is 4.35. The number of piperidine rings is 1. The van der Waals surface area contributed by atoms with Crippen molar-refractivity contribution in [2.45, 2.75) is 25.3 Å². The fourth-order valence-electron chi connectivity index (χ4n) is 3.65. The van der Waals surface area contributed by atoms with E-state index in [1.165, 1.54) is 5.69 Å². The van der Waals surface area contributed by atoms with Crippen LogP contribution in [0.2, 0.25) is 0 Å². The minimum absolute atomic E-state index is 0.114. The maximum Gasteiger partial charge on any atom is 0.224 e. The highest BCUT2D eigenvalue weighted by Gasteiger charge is 2.21. The summed E-state index contributed by atoms with van der Waals surface area (Å²) in [6.45, 7) is 1.98. The highest BCUT2D eigenvalue weighted by Crippen LogP contribution is 2.20. The number of fused-ring (bicyclic) bond motifs is 1. The predicted molar refractivity (Wildman–Crippen MR) is 102 cm³/mol. The third-order valence-electron chi connectivity index (χ3n) is 5.01. The first-order valence-corrected chi connectivity index (χ1v) is 8.94. The van der Waals surface area contributed by atoms with Gasteiger partial charge in [0.25, 0.3) is 0 Å². The Labute approximate surface area is 147 Å². The summed E-state index contributed by atoms with van der Waals surface area (Å²) in [6, 6.07) is 18.9. The molecule has 2 heterocycles. The van der Waals surface area contributed by atoms with Gasteiger partial charge in [-0.05, 0) is 36.6 Å². The van der Waals surface area contributed by atoms with Crippen LogP contribution in [-0.4, -0.2) is 30.0 Å². The largest absolute Gasteiger partial charge is 0.371 e. The molecule has 0 bridgehead atoms. The standard InChI is InChI=1S/C21H23N3O/c25-21(14-16-15-22-20-9-5-4-8-19(16)20)23-17-10-12-24(13-11-17)18-6-2-1-3-7-18/h1-9,15,17,22H,10-14H2,(H,23,25). The van der Waals surface area contributed by atoms with Gasteiger partial charge in [-0.3, -0.25) is 4.79 Å². The molecule has 4 heteroatoms. The Hall–Kier alpha value is -2.75. The zero-order chi connectivity index (χ0) is 17.1. The molecule has 1 aromatic heterocycles. The summed E-state index contributed by atoms with van der Waals surface area (Å²) in [6.07, 6.45) is 4.37. The Balaban J connectivity index is 1.32. The normalized spacial score (nSPS) is 15.4. The van der Waals surface area contributed by atoms with Crippen LogP contribution in [-0.2, 0) is 11.2 Å². The minimum Gasteiger partial charge on any atom is -0.371 e. The molecule has 3 aromatic rings. The van der Waals surface area contributed by atoms with E-state index in [0.717, 1.165) is 42.4 Å². The van der Waals surface area contributed by atoms with E-state index in [-0.39, 0.29) is 11.9 Å². The zero-order valence-corrected chi connectivity index (χ0v) is 14.2. The van der Waals surface area contributed by atoms with Crippen molar-refractivity contribution in [3.8, 4) is 0 Å². The average Bonchev–Trinajstić information content (AvgIpc) is 3.06. The van der Waals surface area contributed by atoms with Gasteiger partial charge < -0.3 is 15.2 Å². The Morgan fingerprint density at radius 2 is 1.76 bits per heavy atom. The van der Waals surface area contributed by atoms with Gasteiger partial charge in [-0.2, -0.15) is 0 Å². The van der Waals surface area contributed by atoms with Gasteiger partial charge in [0.2, 0.25) is 5.91 Å². The summed E-state index contributed by atoms with van der Waals surface area (Å²) in [4.78, 5) is 18.1. The predicted octanol–water partition coefficient (Wildman–Crippen LogP) is 3.50. The van der Waals surface area contributed by atoms with Crippen molar-refractivity contribution in [2.24, 2.45) is 0 Å². The maximum atomic E-state index is 12.4. The number of para-hydroxylation sites is 2. The molecule has 0 radical (unpaired) electrons. The highest BCUT2D eigenvalue weighted by molar-refractivity contribution is 5.88. The van der Waals surface area contributed by atoms with Crippen molar-refractivity contribution in [2.75, 3.05) is 18.0 Å². The van der Waals surface area contributed by atoms with Crippen LogP contribution in [0, 0.1) is 0 Å². The molecule has 0 unspecified atom stereocenters. The third kappa shape index (κ3) is 3.53. The van der Waals surface area contributed by atoms with E-state index in [1.54, 1.807) is 0 Å². The Morgan fingerprint density at radius 1 is 1.04 bits per heavy atom. The number of hydrogen-bond donors (Lipinski definition) is 2. The first-order chi connectivity index (χ1) is 12.3. The van der Waals surface area contributed by atoms with E-state index in [1.807, 2.05) is 30.5 Å². The second-order valence-electron chi connectivity index (χ2n) is 6.70. The number of rotatable bonds is 4. The SMILES string of the molecule is O=C(Cc1c[nH]c2ccccc12)NC1CCN(c2ccccc2)CC1. The van der Waals surface area contributed by atoms with Crippen LogP contribution in [0.5, 0.6) is 0 Å². The van der Waals surface area contributed by atoms with Gasteiger partial charge >= 0.3 is 0 Å². The van der Waals surface area contributed by atoms with Crippen molar-refractivity contribution in [1.29, 1.82) is 0 Å². The van der Waals surface area contributed by atoms with E-state index in [0.29, 0.717) is 6.42 Å².